The maximum Gasteiger partial charge on any atom is 0.243 e. The fraction of sp³-hybridized carbons (Fsp3) is 0.381. The highest BCUT2D eigenvalue weighted by molar-refractivity contribution is 7.92. The molecule has 1 heterocycles. The van der Waals surface area contributed by atoms with Gasteiger partial charge in [-0.3, -0.25) is 9.10 Å². The highest BCUT2D eigenvalue weighted by atomic mass is 32.2. The third-order valence-electron chi connectivity index (χ3n) is 5.03. The number of aryl methyl sites for hydroxylation is 1. The number of nitrogens with one attached hydrogen (secondary N) is 1. The second-order valence-corrected chi connectivity index (χ2v) is 11.4. The Morgan fingerprint density at radius 3 is 2.16 bits per heavy atom. The maximum absolute atomic E-state index is 12.8. The smallest absolute Gasteiger partial charge is 0.243 e. The van der Waals surface area contributed by atoms with E-state index in [0.29, 0.717) is 13.2 Å². The molecule has 0 spiro atoms. The van der Waals surface area contributed by atoms with Crippen LogP contribution in [0.25, 0.3) is 0 Å². The van der Waals surface area contributed by atoms with Crippen molar-refractivity contribution in [3.8, 4) is 0 Å². The molecule has 0 aliphatic carbocycles. The zero-order valence-electron chi connectivity index (χ0n) is 18.0. The molecule has 0 atom stereocenters. The van der Waals surface area contributed by atoms with Crippen molar-refractivity contribution in [2.45, 2.75) is 18.4 Å². The third kappa shape index (κ3) is 6.06. The number of benzene rings is 2. The van der Waals surface area contributed by atoms with E-state index in [2.05, 4.69) is 5.32 Å². The summed E-state index contributed by atoms with van der Waals surface area (Å²) in [6.07, 6.45) is 0.999. The molecule has 0 radical (unpaired) electrons. The maximum atomic E-state index is 12.8. The molecule has 1 aliphatic rings. The minimum Gasteiger partial charge on any atom is -0.379 e. The van der Waals surface area contributed by atoms with Gasteiger partial charge in [-0.15, -0.1) is 0 Å². The number of sulfonamides is 2. The Kier molecular flexibility index (Phi) is 7.55. The van der Waals surface area contributed by atoms with E-state index in [4.69, 9.17) is 4.74 Å². The second-order valence-electron chi connectivity index (χ2n) is 7.54. The number of ether oxygens (including phenoxy) is 1. The van der Waals surface area contributed by atoms with Gasteiger partial charge < -0.3 is 10.1 Å². The monoisotopic (exact) mass is 481 g/mol. The Bertz CT molecular complexity index is 1140. The van der Waals surface area contributed by atoms with Crippen LogP contribution in [0.15, 0.2) is 53.4 Å². The van der Waals surface area contributed by atoms with E-state index < -0.39 is 32.5 Å². The number of hydrogen-bond acceptors (Lipinski definition) is 6. The zero-order chi connectivity index (χ0) is 23.4. The fourth-order valence-corrected chi connectivity index (χ4v) is 5.48. The Balaban J connectivity index is 1.71. The molecule has 3 rings (SSSR count). The molecule has 2 aromatic rings. The Labute approximate surface area is 189 Å². The topological polar surface area (TPSA) is 113 Å². The molecule has 0 unspecified atom stereocenters. The molecule has 0 aromatic heterocycles. The van der Waals surface area contributed by atoms with Crippen molar-refractivity contribution in [3.63, 3.8) is 0 Å². The van der Waals surface area contributed by atoms with E-state index in [1.54, 1.807) is 0 Å². The van der Waals surface area contributed by atoms with Crippen molar-refractivity contribution in [1.82, 2.24) is 9.62 Å². The van der Waals surface area contributed by atoms with E-state index >= 15 is 0 Å². The summed E-state index contributed by atoms with van der Waals surface area (Å²) in [5.74, 6) is -0.471. The molecule has 174 valence electrons. The zero-order valence-corrected chi connectivity index (χ0v) is 19.7. The number of amides is 1. The lowest BCUT2D eigenvalue weighted by molar-refractivity contribution is -0.119. The SMILES string of the molecule is Cc1ccc(CNC(=O)CN(c2ccc(S(=O)(=O)N3CCOCC3)cc2)S(C)(=O)=O)cc1. The van der Waals surface area contributed by atoms with Gasteiger partial charge in [0.05, 0.1) is 30.1 Å². The summed E-state index contributed by atoms with van der Waals surface area (Å²) in [7, 11) is -7.47. The minimum atomic E-state index is -3.77. The Morgan fingerprint density at radius 1 is 1.00 bits per heavy atom. The van der Waals surface area contributed by atoms with E-state index in [9.17, 15) is 21.6 Å². The third-order valence-corrected chi connectivity index (χ3v) is 8.08. The van der Waals surface area contributed by atoms with Crippen LogP contribution in [0.1, 0.15) is 11.1 Å². The average molecular weight is 482 g/mol. The predicted octanol–water partition coefficient (Wildman–Crippen LogP) is 1.10. The lowest BCUT2D eigenvalue weighted by atomic mass is 10.1. The first-order chi connectivity index (χ1) is 15.1. The summed E-state index contributed by atoms with van der Waals surface area (Å²) in [6, 6.07) is 13.1. The molecular formula is C21H27N3O6S2. The Morgan fingerprint density at radius 2 is 1.59 bits per heavy atom. The second kappa shape index (κ2) is 9.99. The van der Waals surface area contributed by atoms with Crippen LogP contribution in [0.3, 0.4) is 0 Å². The van der Waals surface area contributed by atoms with Gasteiger partial charge in [0.15, 0.2) is 0 Å². The summed E-state index contributed by atoms with van der Waals surface area (Å²) in [5.41, 5.74) is 2.20. The predicted molar refractivity (Wildman–Crippen MR) is 121 cm³/mol. The molecule has 1 fully saturated rings. The molecule has 1 N–H and O–H groups in total. The highest BCUT2D eigenvalue weighted by Gasteiger charge is 2.27. The quantitative estimate of drug-likeness (QED) is 0.604. The highest BCUT2D eigenvalue weighted by Crippen LogP contribution is 2.23. The normalized spacial score (nSPS) is 15.3. The number of carbonyl (C=O) groups excluding carboxylic acids is 1. The number of anilines is 1. The van der Waals surface area contributed by atoms with Crippen LogP contribution in [-0.4, -0.2) is 66.2 Å². The molecule has 1 aliphatic heterocycles. The first-order valence-electron chi connectivity index (χ1n) is 10.1. The van der Waals surface area contributed by atoms with Gasteiger partial charge in [-0.05, 0) is 36.8 Å². The van der Waals surface area contributed by atoms with Crippen LogP contribution in [0, 0.1) is 6.92 Å². The molecule has 1 saturated heterocycles. The van der Waals surface area contributed by atoms with Crippen molar-refractivity contribution in [3.05, 3.63) is 59.7 Å². The fourth-order valence-electron chi connectivity index (χ4n) is 3.21. The van der Waals surface area contributed by atoms with Crippen LogP contribution >= 0.6 is 0 Å². The van der Waals surface area contributed by atoms with Crippen molar-refractivity contribution < 1.29 is 26.4 Å². The van der Waals surface area contributed by atoms with Crippen LogP contribution in [0.5, 0.6) is 0 Å². The van der Waals surface area contributed by atoms with Gasteiger partial charge in [-0.25, -0.2) is 16.8 Å². The lowest BCUT2D eigenvalue weighted by Crippen LogP contribution is -2.41. The summed E-state index contributed by atoms with van der Waals surface area (Å²) >= 11 is 0. The van der Waals surface area contributed by atoms with Gasteiger partial charge in [0.2, 0.25) is 26.0 Å². The largest absolute Gasteiger partial charge is 0.379 e. The molecule has 11 heteroatoms. The molecule has 0 bridgehead atoms. The lowest BCUT2D eigenvalue weighted by Gasteiger charge is -2.26. The number of morpholine rings is 1. The van der Waals surface area contributed by atoms with E-state index in [1.165, 1.54) is 28.6 Å². The van der Waals surface area contributed by atoms with Crippen molar-refractivity contribution in [2.24, 2.45) is 0 Å². The number of hydrogen-bond donors (Lipinski definition) is 1. The van der Waals surface area contributed by atoms with Gasteiger partial charge in [0, 0.05) is 19.6 Å². The molecule has 2 aromatic carbocycles. The van der Waals surface area contributed by atoms with Crippen LogP contribution < -0.4 is 9.62 Å². The van der Waals surface area contributed by atoms with Gasteiger partial charge in [0.25, 0.3) is 0 Å². The molecule has 1 amide bonds. The van der Waals surface area contributed by atoms with Crippen molar-refractivity contribution in [1.29, 1.82) is 0 Å². The molecule has 9 nitrogen and oxygen atoms in total. The first-order valence-corrected chi connectivity index (χ1v) is 13.3. The first kappa shape index (κ1) is 24.2. The van der Waals surface area contributed by atoms with Gasteiger partial charge in [-0.2, -0.15) is 4.31 Å². The van der Waals surface area contributed by atoms with Crippen molar-refractivity contribution >= 4 is 31.6 Å². The van der Waals surface area contributed by atoms with Gasteiger partial charge >= 0.3 is 0 Å². The van der Waals surface area contributed by atoms with Crippen LogP contribution in [-0.2, 0) is 36.1 Å². The molecular weight excluding hydrogens is 454 g/mol. The number of rotatable bonds is 8. The molecule has 32 heavy (non-hydrogen) atoms. The Hall–Kier alpha value is -2.47. The number of carbonyl (C=O) groups is 1. The van der Waals surface area contributed by atoms with Gasteiger partial charge in [0.1, 0.15) is 6.54 Å². The number of nitrogens with zero attached hydrogens (tertiary/aromatic N) is 2. The summed E-state index contributed by atoms with van der Waals surface area (Å²) in [6.45, 7) is 3.01. The van der Waals surface area contributed by atoms with E-state index in [0.717, 1.165) is 21.7 Å². The van der Waals surface area contributed by atoms with E-state index in [1.807, 2.05) is 31.2 Å². The van der Waals surface area contributed by atoms with E-state index in [-0.39, 0.29) is 30.2 Å². The summed E-state index contributed by atoms with van der Waals surface area (Å²) in [5, 5.41) is 2.71. The van der Waals surface area contributed by atoms with Gasteiger partial charge in [-0.1, -0.05) is 29.8 Å². The standard InChI is InChI=1S/C21H27N3O6S2/c1-17-3-5-18(6-4-17)15-22-21(25)16-24(31(2,26)27)19-7-9-20(10-8-19)32(28,29)23-11-13-30-14-12-23/h3-10H,11-16H2,1-2H3,(H,22,25). The average Bonchev–Trinajstić information content (AvgIpc) is 2.77. The van der Waals surface area contributed by atoms with Crippen LogP contribution in [0.2, 0.25) is 0 Å². The minimum absolute atomic E-state index is 0.0559. The summed E-state index contributed by atoms with van der Waals surface area (Å²) < 4.78 is 57.6. The van der Waals surface area contributed by atoms with Crippen molar-refractivity contribution in [2.75, 3.05) is 43.4 Å². The molecule has 0 saturated carbocycles. The summed E-state index contributed by atoms with van der Waals surface area (Å²) in [4.78, 5) is 12.5. The van der Waals surface area contributed by atoms with Crippen LogP contribution in [0.4, 0.5) is 5.69 Å².